The fourth-order valence-electron chi connectivity index (χ4n) is 3.04. The summed E-state index contributed by atoms with van der Waals surface area (Å²) in [7, 11) is 4.11. The molecule has 1 aromatic rings. The standard InChI is InChI=1S/C17H25N5/c1-14-6-4-5-7-15(14)16-12-17(19-13-22(16)18-2)21-10-8-20(3)9-11-21/h4-7,12-13,16,18H,8-11H2,1-3H3. The van der Waals surface area contributed by atoms with Crippen molar-refractivity contribution in [2.75, 3.05) is 40.3 Å². The quantitative estimate of drug-likeness (QED) is 0.919. The van der Waals surface area contributed by atoms with E-state index in [0.717, 1.165) is 32.0 Å². The molecule has 5 nitrogen and oxygen atoms in total. The molecule has 2 heterocycles. The lowest BCUT2D eigenvalue weighted by molar-refractivity contribution is 0.180. The number of rotatable bonds is 3. The second kappa shape index (κ2) is 6.50. The van der Waals surface area contributed by atoms with Crippen LogP contribution in [0.25, 0.3) is 0 Å². The fraction of sp³-hybridized carbons (Fsp3) is 0.471. The van der Waals surface area contributed by atoms with Crippen molar-refractivity contribution in [2.24, 2.45) is 4.99 Å². The van der Waals surface area contributed by atoms with E-state index >= 15 is 0 Å². The number of benzene rings is 1. The molecule has 2 aliphatic heterocycles. The predicted octanol–water partition coefficient (Wildman–Crippen LogP) is 1.60. The van der Waals surface area contributed by atoms with Gasteiger partial charge in [-0.05, 0) is 31.2 Å². The second-order valence-corrected chi connectivity index (χ2v) is 5.99. The van der Waals surface area contributed by atoms with Gasteiger partial charge in [0.25, 0.3) is 0 Å². The minimum Gasteiger partial charge on any atom is -0.354 e. The first-order valence-corrected chi connectivity index (χ1v) is 7.90. The summed E-state index contributed by atoms with van der Waals surface area (Å²) in [4.78, 5) is 9.39. The average molecular weight is 299 g/mol. The van der Waals surface area contributed by atoms with Crippen molar-refractivity contribution < 1.29 is 0 Å². The Morgan fingerprint density at radius 2 is 1.86 bits per heavy atom. The third kappa shape index (κ3) is 3.00. The Bertz CT molecular complexity index is 572. The van der Waals surface area contributed by atoms with Gasteiger partial charge in [0.05, 0.1) is 6.04 Å². The number of piperazine rings is 1. The van der Waals surface area contributed by atoms with Crippen LogP contribution in [0.1, 0.15) is 17.2 Å². The SMILES string of the molecule is CNN1C=NC(N2CCN(C)CC2)=CC1c1ccccc1C. The summed E-state index contributed by atoms with van der Waals surface area (Å²) in [5.41, 5.74) is 5.84. The van der Waals surface area contributed by atoms with E-state index in [4.69, 9.17) is 0 Å². The lowest BCUT2D eigenvalue weighted by atomic mass is 10.00. The Kier molecular flexibility index (Phi) is 4.45. The highest BCUT2D eigenvalue weighted by atomic mass is 15.5. The Balaban J connectivity index is 1.86. The summed E-state index contributed by atoms with van der Waals surface area (Å²) in [5.74, 6) is 1.09. The lowest BCUT2D eigenvalue weighted by Gasteiger charge is -2.37. The number of aliphatic imine (C=N–C) groups is 1. The molecule has 0 aromatic heterocycles. The molecule has 3 rings (SSSR count). The molecule has 1 fully saturated rings. The van der Waals surface area contributed by atoms with Crippen LogP contribution in [0.2, 0.25) is 0 Å². The van der Waals surface area contributed by atoms with Gasteiger partial charge >= 0.3 is 0 Å². The summed E-state index contributed by atoms with van der Waals surface area (Å²) in [5, 5.41) is 2.06. The maximum absolute atomic E-state index is 4.64. The van der Waals surface area contributed by atoms with E-state index in [1.165, 1.54) is 11.1 Å². The topological polar surface area (TPSA) is 34.1 Å². The molecule has 0 spiro atoms. The van der Waals surface area contributed by atoms with Gasteiger partial charge in [0.2, 0.25) is 0 Å². The number of hydrogen-bond donors (Lipinski definition) is 1. The maximum Gasteiger partial charge on any atom is 0.128 e. The van der Waals surface area contributed by atoms with Crippen LogP contribution in [0.4, 0.5) is 0 Å². The number of nitrogens with one attached hydrogen (secondary N) is 1. The summed E-state index contributed by atoms with van der Waals surface area (Å²) in [6.45, 7) is 6.44. The van der Waals surface area contributed by atoms with Crippen molar-refractivity contribution in [1.82, 2.24) is 20.2 Å². The van der Waals surface area contributed by atoms with Crippen LogP contribution < -0.4 is 5.43 Å². The van der Waals surface area contributed by atoms with Gasteiger partial charge < -0.3 is 9.80 Å². The number of aryl methyl sites for hydroxylation is 1. The highest BCUT2D eigenvalue weighted by Crippen LogP contribution is 2.28. The zero-order valence-corrected chi connectivity index (χ0v) is 13.7. The first-order chi connectivity index (χ1) is 10.7. The van der Waals surface area contributed by atoms with E-state index in [0.29, 0.717) is 0 Å². The minimum atomic E-state index is 0.179. The normalized spacial score (nSPS) is 22.9. The molecular weight excluding hydrogens is 274 g/mol. The molecule has 1 unspecified atom stereocenters. The Morgan fingerprint density at radius 1 is 1.14 bits per heavy atom. The first-order valence-electron chi connectivity index (χ1n) is 7.90. The zero-order valence-electron chi connectivity index (χ0n) is 13.7. The van der Waals surface area contributed by atoms with Gasteiger partial charge in [-0.2, -0.15) is 0 Å². The van der Waals surface area contributed by atoms with E-state index < -0.39 is 0 Å². The van der Waals surface area contributed by atoms with E-state index in [9.17, 15) is 0 Å². The third-order valence-electron chi connectivity index (χ3n) is 4.51. The molecule has 0 amide bonds. The van der Waals surface area contributed by atoms with Crippen LogP contribution in [0.15, 0.2) is 41.2 Å². The summed E-state index contributed by atoms with van der Waals surface area (Å²) in [6.07, 6.45) is 4.18. The van der Waals surface area contributed by atoms with E-state index in [-0.39, 0.29) is 6.04 Å². The fourth-order valence-corrected chi connectivity index (χ4v) is 3.04. The van der Waals surface area contributed by atoms with Gasteiger partial charge in [0.1, 0.15) is 12.2 Å². The molecule has 1 atom stereocenters. The lowest BCUT2D eigenvalue weighted by Crippen LogP contribution is -2.45. The van der Waals surface area contributed by atoms with Gasteiger partial charge in [-0.3, -0.25) is 5.01 Å². The predicted molar refractivity (Wildman–Crippen MR) is 90.5 cm³/mol. The number of nitrogens with zero attached hydrogens (tertiary/aromatic N) is 4. The van der Waals surface area contributed by atoms with E-state index in [2.05, 4.69) is 69.5 Å². The molecule has 1 saturated heterocycles. The van der Waals surface area contributed by atoms with Crippen LogP contribution in [0.3, 0.4) is 0 Å². The van der Waals surface area contributed by atoms with Crippen LogP contribution in [-0.2, 0) is 0 Å². The van der Waals surface area contributed by atoms with Crippen LogP contribution in [0.5, 0.6) is 0 Å². The molecule has 1 N–H and O–H groups in total. The van der Waals surface area contributed by atoms with Crippen molar-refractivity contribution >= 4 is 6.34 Å². The van der Waals surface area contributed by atoms with Crippen molar-refractivity contribution in [2.45, 2.75) is 13.0 Å². The number of likely N-dealkylation sites (N-methyl/N-ethyl adjacent to an activating group) is 1. The highest BCUT2D eigenvalue weighted by Gasteiger charge is 2.24. The smallest absolute Gasteiger partial charge is 0.128 e. The average Bonchev–Trinajstić information content (AvgIpc) is 2.55. The first kappa shape index (κ1) is 15.1. The summed E-state index contributed by atoms with van der Waals surface area (Å²) < 4.78 is 0. The van der Waals surface area contributed by atoms with Gasteiger partial charge in [0, 0.05) is 33.2 Å². The second-order valence-electron chi connectivity index (χ2n) is 5.99. The molecule has 0 saturated carbocycles. The molecule has 2 aliphatic rings. The molecular formula is C17H25N5. The van der Waals surface area contributed by atoms with E-state index in [1.807, 2.05) is 13.4 Å². The monoisotopic (exact) mass is 299 g/mol. The molecule has 5 heteroatoms. The van der Waals surface area contributed by atoms with Crippen molar-refractivity contribution in [1.29, 1.82) is 0 Å². The Labute approximate surface area is 132 Å². The number of hydrazine groups is 1. The molecule has 22 heavy (non-hydrogen) atoms. The van der Waals surface area contributed by atoms with Gasteiger partial charge in [-0.25, -0.2) is 10.4 Å². The van der Waals surface area contributed by atoms with Crippen molar-refractivity contribution in [3.63, 3.8) is 0 Å². The third-order valence-corrected chi connectivity index (χ3v) is 4.51. The zero-order chi connectivity index (χ0) is 15.5. The largest absolute Gasteiger partial charge is 0.354 e. The maximum atomic E-state index is 4.64. The minimum absolute atomic E-state index is 0.179. The van der Waals surface area contributed by atoms with Crippen LogP contribution in [-0.4, -0.2) is 61.4 Å². The van der Waals surface area contributed by atoms with E-state index in [1.54, 1.807) is 0 Å². The molecule has 1 aromatic carbocycles. The Hall–Kier alpha value is -1.85. The molecule has 0 bridgehead atoms. The number of hydrogen-bond acceptors (Lipinski definition) is 5. The van der Waals surface area contributed by atoms with Crippen LogP contribution >= 0.6 is 0 Å². The summed E-state index contributed by atoms with van der Waals surface area (Å²) >= 11 is 0. The molecule has 118 valence electrons. The van der Waals surface area contributed by atoms with Gasteiger partial charge in [-0.1, -0.05) is 24.3 Å². The highest BCUT2D eigenvalue weighted by molar-refractivity contribution is 5.60. The van der Waals surface area contributed by atoms with Crippen LogP contribution in [0, 0.1) is 6.92 Å². The molecule has 0 aliphatic carbocycles. The van der Waals surface area contributed by atoms with Crippen molar-refractivity contribution in [3.05, 3.63) is 47.3 Å². The Morgan fingerprint density at radius 3 is 2.55 bits per heavy atom. The van der Waals surface area contributed by atoms with Gasteiger partial charge in [-0.15, -0.1) is 0 Å². The van der Waals surface area contributed by atoms with Gasteiger partial charge in [0.15, 0.2) is 0 Å². The molecule has 0 radical (unpaired) electrons. The van der Waals surface area contributed by atoms with Crippen molar-refractivity contribution in [3.8, 4) is 0 Å². The summed E-state index contributed by atoms with van der Waals surface area (Å²) in [6, 6.07) is 8.73.